The number of ether oxygens (including phenoxy) is 2. The van der Waals surface area contributed by atoms with Crippen molar-refractivity contribution in [3.05, 3.63) is 96.2 Å². The largest absolute Gasteiger partial charge is 0.493 e. The van der Waals surface area contributed by atoms with Gasteiger partial charge in [0.05, 0.1) is 26.2 Å². The molecule has 1 fully saturated rings. The lowest BCUT2D eigenvalue weighted by Crippen LogP contribution is -2.27. The molecule has 35 heavy (non-hydrogen) atoms. The average molecular weight is 622 g/mol. The Balaban J connectivity index is 1.59. The van der Waals surface area contributed by atoms with Crippen LogP contribution in [-0.4, -0.2) is 22.3 Å². The second-order valence-electron chi connectivity index (χ2n) is 7.21. The van der Waals surface area contributed by atoms with E-state index < -0.39 is 4.92 Å². The van der Waals surface area contributed by atoms with E-state index in [-0.39, 0.29) is 28.3 Å². The van der Waals surface area contributed by atoms with E-state index in [9.17, 15) is 19.3 Å². The van der Waals surface area contributed by atoms with Crippen molar-refractivity contribution in [2.75, 3.05) is 12.0 Å². The van der Waals surface area contributed by atoms with E-state index >= 15 is 0 Å². The quantitative estimate of drug-likeness (QED) is 0.100. The average Bonchev–Trinajstić information content (AvgIpc) is 3.11. The van der Waals surface area contributed by atoms with Gasteiger partial charge in [0.1, 0.15) is 12.4 Å². The molecule has 0 radical (unpaired) electrons. The Hall–Kier alpha value is -3.03. The monoisotopic (exact) mass is 622 g/mol. The highest BCUT2D eigenvalue weighted by Gasteiger charge is 2.34. The summed E-state index contributed by atoms with van der Waals surface area (Å²) in [6.07, 6.45) is 1.67. The number of amides is 1. The molecule has 11 heteroatoms. The van der Waals surface area contributed by atoms with Gasteiger partial charge in [0.25, 0.3) is 11.6 Å². The standard InChI is InChI=1S/C24H16FIN2O5S2/c1-32-20-10-14(9-19(26)22(20)33-13-15-5-2-3-8-18(15)25)11-21-23(29)27(24(34)35-21)16-6-4-7-17(12-16)28(30)31/h2-12H,13H2,1H3/b21-11+. The lowest BCUT2D eigenvalue weighted by atomic mass is 10.1. The number of benzene rings is 3. The van der Waals surface area contributed by atoms with Crippen molar-refractivity contribution in [1.82, 2.24) is 0 Å². The summed E-state index contributed by atoms with van der Waals surface area (Å²) in [4.78, 5) is 25.3. The van der Waals surface area contributed by atoms with Gasteiger partial charge < -0.3 is 9.47 Å². The third kappa shape index (κ3) is 5.46. The molecule has 1 aliphatic heterocycles. The number of thiocarbonyl (C=S) groups is 1. The fraction of sp³-hybridized carbons (Fsp3) is 0.0833. The molecule has 0 spiro atoms. The first-order valence-electron chi connectivity index (χ1n) is 10.0. The van der Waals surface area contributed by atoms with Crippen molar-refractivity contribution >= 4 is 74.2 Å². The number of hydrogen-bond donors (Lipinski definition) is 0. The second-order valence-corrected chi connectivity index (χ2v) is 10.0. The Bertz CT molecular complexity index is 1380. The number of nitrogens with zero attached hydrogens (tertiary/aromatic N) is 2. The number of anilines is 1. The van der Waals surface area contributed by atoms with Crippen molar-refractivity contribution in [2.45, 2.75) is 6.61 Å². The van der Waals surface area contributed by atoms with Crippen molar-refractivity contribution in [2.24, 2.45) is 0 Å². The number of thioether (sulfide) groups is 1. The lowest BCUT2D eigenvalue weighted by Gasteiger charge is -2.14. The minimum absolute atomic E-state index is 0.0280. The van der Waals surface area contributed by atoms with Crippen LogP contribution in [0.15, 0.2) is 65.6 Å². The first kappa shape index (κ1) is 25.1. The van der Waals surface area contributed by atoms with E-state index in [0.29, 0.717) is 36.8 Å². The van der Waals surface area contributed by atoms with Gasteiger partial charge in [0.2, 0.25) is 0 Å². The van der Waals surface area contributed by atoms with E-state index in [4.69, 9.17) is 21.7 Å². The molecular formula is C24H16FIN2O5S2. The molecule has 3 aromatic rings. The molecular weight excluding hydrogens is 606 g/mol. The van der Waals surface area contributed by atoms with Crippen LogP contribution >= 0.6 is 46.6 Å². The third-order valence-electron chi connectivity index (χ3n) is 4.97. The van der Waals surface area contributed by atoms with E-state index in [1.165, 1.54) is 36.3 Å². The number of carbonyl (C=O) groups is 1. The molecule has 0 aromatic heterocycles. The third-order valence-corrected chi connectivity index (χ3v) is 7.08. The van der Waals surface area contributed by atoms with Crippen LogP contribution in [0, 0.1) is 19.5 Å². The molecule has 0 bridgehead atoms. The molecule has 0 unspecified atom stereocenters. The van der Waals surface area contributed by atoms with Crippen molar-refractivity contribution < 1.29 is 23.6 Å². The summed E-state index contributed by atoms with van der Waals surface area (Å²) in [5, 5.41) is 11.1. The minimum atomic E-state index is -0.527. The van der Waals surface area contributed by atoms with Gasteiger partial charge in [-0.2, -0.15) is 0 Å². The van der Waals surface area contributed by atoms with E-state index in [1.807, 2.05) is 0 Å². The minimum Gasteiger partial charge on any atom is -0.493 e. The van der Waals surface area contributed by atoms with Gasteiger partial charge in [-0.3, -0.25) is 19.8 Å². The first-order chi connectivity index (χ1) is 16.8. The van der Waals surface area contributed by atoms with Crippen LogP contribution in [0.3, 0.4) is 0 Å². The zero-order valence-electron chi connectivity index (χ0n) is 18.1. The topological polar surface area (TPSA) is 81.9 Å². The van der Waals surface area contributed by atoms with Crippen LogP contribution in [-0.2, 0) is 11.4 Å². The summed E-state index contributed by atoms with van der Waals surface area (Å²) in [5.41, 5.74) is 1.28. The number of non-ortho nitro benzene ring substituents is 1. The molecule has 3 aromatic carbocycles. The number of methoxy groups -OCH3 is 1. The van der Waals surface area contributed by atoms with Crippen LogP contribution in [0.5, 0.6) is 11.5 Å². The highest BCUT2D eigenvalue weighted by Crippen LogP contribution is 2.39. The second kappa shape index (κ2) is 10.7. The van der Waals surface area contributed by atoms with Crippen molar-refractivity contribution in [3.8, 4) is 11.5 Å². The number of carbonyl (C=O) groups excluding carboxylic acids is 1. The number of nitro benzene ring substituents is 1. The van der Waals surface area contributed by atoms with Crippen molar-refractivity contribution in [1.29, 1.82) is 0 Å². The SMILES string of the molecule is COc1cc(/C=C2/SC(=S)N(c3cccc([N+](=O)[O-])c3)C2=O)cc(I)c1OCc1ccccc1F. The van der Waals surface area contributed by atoms with Gasteiger partial charge in [0, 0.05) is 17.7 Å². The Kier molecular flexibility index (Phi) is 7.67. The predicted octanol–water partition coefficient (Wildman–Crippen LogP) is 6.33. The number of nitro groups is 1. The van der Waals surface area contributed by atoms with Crippen molar-refractivity contribution in [3.63, 3.8) is 0 Å². The highest BCUT2D eigenvalue weighted by molar-refractivity contribution is 14.1. The molecule has 1 aliphatic rings. The van der Waals surface area contributed by atoms with Crippen LogP contribution in [0.1, 0.15) is 11.1 Å². The normalized spacial score (nSPS) is 14.5. The summed E-state index contributed by atoms with van der Waals surface area (Å²) in [7, 11) is 1.49. The van der Waals surface area contributed by atoms with E-state index in [0.717, 1.165) is 11.8 Å². The van der Waals surface area contributed by atoms with Gasteiger partial charge in [-0.1, -0.05) is 48.2 Å². The molecule has 0 saturated carbocycles. The molecule has 0 N–H and O–H groups in total. The maximum atomic E-state index is 13.9. The van der Waals surface area contributed by atoms with Gasteiger partial charge >= 0.3 is 0 Å². The number of rotatable bonds is 7. The molecule has 0 atom stereocenters. The summed E-state index contributed by atoms with van der Waals surface area (Å²) in [6.45, 7) is 0.0280. The fourth-order valence-corrected chi connectivity index (χ4v) is 5.40. The maximum Gasteiger partial charge on any atom is 0.271 e. The molecule has 1 amide bonds. The Labute approximate surface area is 223 Å². The predicted molar refractivity (Wildman–Crippen MR) is 145 cm³/mol. The van der Waals surface area contributed by atoms with Gasteiger partial charge in [-0.25, -0.2) is 4.39 Å². The Morgan fingerprint density at radius 3 is 2.69 bits per heavy atom. The van der Waals surface area contributed by atoms with Crippen LogP contribution < -0.4 is 14.4 Å². The van der Waals surface area contributed by atoms with Crippen LogP contribution in [0.25, 0.3) is 6.08 Å². The first-order valence-corrected chi connectivity index (χ1v) is 12.3. The molecule has 4 rings (SSSR count). The zero-order valence-corrected chi connectivity index (χ0v) is 21.9. The van der Waals surface area contributed by atoms with Gasteiger partial charge in [-0.15, -0.1) is 0 Å². The number of hydrogen-bond acceptors (Lipinski definition) is 7. The summed E-state index contributed by atoms with van der Waals surface area (Å²) >= 11 is 8.56. The summed E-state index contributed by atoms with van der Waals surface area (Å²) < 4.78 is 26.3. The molecule has 7 nitrogen and oxygen atoms in total. The number of halogens is 2. The van der Waals surface area contributed by atoms with E-state index in [1.54, 1.807) is 42.5 Å². The highest BCUT2D eigenvalue weighted by atomic mass is 127. The van der Waals surface area contributed by atoms with Crippen LogP contribution in [0.4, 0.5) is 15.8 Å². The maximum absolute atomic E-state index is 13.9. The summed E-state index contributed by atoms with van der Waals surface area (Å²) in [5.74, 6) is 0.143. The van der Waals surface area contributed by atoms with Gasteiger partial charge in [0.15, 0.2) is 15.8 Å². The molecule has 1 heterocycles. The smallest absolute Gasteiger partial charge is 0.271 e. The molecule has 178 valence electrons. The van der Waals surface area contributed by atoms with Gasteiger partial charge in [-0.05, 0) is 58.5 Å². The molecule has 0 aliphatic carbocycles. The zero-order chi connectivity index (χ0) is 25.1. The summed E-state index contributed by atoms with van der Waals surface area (Å²) in [6, 6.07) is 15.6. The fourth-order valence-electron chi connectivity index (χ4n) is 3.32. The molecule has 1 saturated heterocycles. The lowest BCUT2D eigenvalue weighted by molar-refractivity contribution is -0.384. The Morgan fingerprint density at radius 1 is 1.20 bits per heavy atom. The van der Waals surface area contributed by atoms with Crippen LogP contribution in [0.2, 0.25) is 0 Å². The Morgan fingerprint density at radius 2 is 1.97 bits per heavy atom. The van der Waals surface area contributed by atoms with E-state index in [2.05, 4.69) is 22.6 Å².